The molecule has 1 aliphatic rings. The minimum absolute atomic E-state index is 0.218. The summed E-state index contributed by atoms with van der Waals surface area (Å²) < 4.78 is 10.5. The van der Waals surface area contributed by atoms with Crippen LogP contribution >= 0.6 is 0 Å². The highest BCUT2D eigenvalue weighted by molar-refractivity contribution is 5.93. The summed E-state index contributed by atoms with van der Waals surface area (Å²) in [5.41, 5.74) is 8.43. The van der Waals surface area contributed by atoms with Crippen LogP contribution < -0.4 is 9.47 Å². The second-order valence-corrected chi connectivity index (χ2v) is 3.25. The zero-order valence-corrected chi connectivity index (χ0v) is 8.12. The first-order valence-electron chi connectivity index (χ1n) is 4.62. The van der Waals surface area contributed by atoms with Gasteiger partial charge in [0.15, 0.2) is 11.5 Å². The van der Waals surface area contributed by atoms with Gasteiger partial charge in [0.1, 0.15) is 5.82 Å². The Balaban J connectivity index is 2.35. The summed E-state index contributed by atoms with van der Waals surface area (Å²) >= 11 is 0. The Morgan fingerprint density at radius 1 is 1.31 bits per heavy atom. The maximum atomic E-state index is 8.43. The third-order valence-electron chi connectivity index (χ3n) is 2.38. The van der Waals surface area contributed by atoms with Crippen LogP contribution in [-0.2, 0) is 0 Å². The van der Waals surface area contributed by atoms with Gasteiger partial charge in [0.25, 0.3) is 0 Å². The molecule has 0 radical (unpaired) electrons. The standard InChI is InChI=1S/C10H6N4O2/c11-14-13-10-7-4-9-8(15-5-16-9)3-6(7)1-2-12-10/h1-4H,5H2. The Morgan fingerprint density at radius 2 is 2.12 bits per heavy atom. The van der Waals surface area contributed by atoms with Crippen molar-refractivity contribution < 1.29 is 9.47 Å². The van der Waals surface area contributed by atoms with E-state index >= 15 is 0 Å². The van der Waals surface area contributed by atoms with Gasteiger partial charge in [0.05, 0.1) is 0 Å². The molecule has 16 heavy (non-hydrogen) atoms. The predicted molar refractivity (Wildman–Crippen MR) is 56.7 cm³/mol. The Hall–Kier alpha value is -2.46. The van der Waals surface area contributed by atoms with Crippen LogP contribution in [0.5, 0.6) is 11.5 Å². The molecule has 0 aliphatic carbocycles. The van der Waals surface area contributed by atoms with Gasteiger partial charge in [-0.3, -0.25) is 4.98 Å². The average molecular weight is 214 g/mol. The topological polar surface area (TPSA) is 80.1 Å². The zero-order chi connectivity index (χ0) is 11.0. The number of aromatic nitrogens is 1. The molecule has 0 fully saturated rings. The van der Waals surface area contributed by atoms with Crippen LogP contribution in [0.15, 0.2) is 29.5 Å². The largest absolute Gasteiger partial charge is 0.454 e. The highest BCUT2D eigenvalue weighted by Gasteiger charge is 2.15. The van der Waals surface area contributed by atoms with Crippen molar-refractivity contribution in [3.05, 3.63) is 34.8 Å². The second-order valence-electron chi connectivity index (χ2n) is 3.25. The van der Waals surface area contributed by atoms with E-state index in [0.717, 1.165) is 10.8 Å². The van der Waals surface area contributed by atoms with Crippen LogP contribution in [0.4, 0.5) is 5.82 Å². The van der Waals surface area contributed by atoms with Crippen LogP contribution in [-0.4, -0.2) is 11.8 Å². The average Bonchev–Trinajstić information content (AvgIpc) is 2.74. The smallest absolute Gasteiger partial charge is 0.231 e. The van der Waals surface area contributed by atoms with Crippen molar-refractivity contribution in [2.24, 2.45) is 5.11 Å². The van der Waals surface area contributed by atoms with Crippen molar-refractivity contribution in [3.63, 3.8) is 0 Å². The molecule has 2 aromatic rings. The molecule has 0 saturated heterocycles. The van der Waals surface area contributed by atoms with Gasteiger partial charge in [0, 0.05) is 16.5 Å². The molecule has 0 atom stereocenters. The Kier molecular flexibility index (Phi) is 1.81. The van der Waals surface area contributed by atoms with Crippen molar-refractivity contribution in [1.82, 2.24) is 4.98 Å². The van der Waals surface area contributed by atoms with Crippen molar-refractivity contribution in [1.29, 1.82) is 0 Å². The zero-order valence-electron chi connectivity index (χ0n) is 8.12. The van der Waals surface area contributed by atoms with E-state index in [9.17, 15) is 0 Å². The molecule has 0 unspecified atom stereocenters. The van der Waals surface area contributed by atoms with Crippen LogP contribution in [0.2, 0.25) is 0 Å². The number of pyridine rings is 1. The highest BCUT2D eigenvalue weighted by atomic mass is 16.7. The van der Waals surface area contributed by atoms with Gasteiger partial charge in [-0.1, -0.05) is 0 Å². The maximum Gasteiger partial charge on any atom is 0.231 e. The monoisotopic (exact) mass is 214 g/mol. The van der Waals surface area contributed by atoms with Crippen LogP contribution in [0.3, 0.4) is 0 Å². The van der Waals surface area contributed by atoms with E-state index in [4.69, 9.17) is 15.0 Å². The van der Waals surface area contributed by atoms with Gasteiger partial charge in [-0.2, -0.15) is 0 Å². The molecule has 1 aliphatic heterocycles. The Labute approximate surface area is 90.1 Å². The lowest BCUT2D eigenvalue weighted by Gasteiger charge is -2.02. The summed E-state index contributed by atoms with van der Waals surface area (Å²) in [5, 5.41) is 5.19. The van der Waals surface area contributed by atoms with Gasteiger partial charge in [-0.25, -0.2) is 0 Å². The number of benzene rings is 1. The second kappa shape index (κ2) is 3.29. The first-order chi connectivity index (χ1) is 7.88. The molecule has 1 aromatic heterocycles. The number of hydrogen-bond acceptors (Lipinski definition) is 4. The van der Waals surface area contributed by atoms with Gasteiger partial charge in [-0.05, 0) is 34.2 Å². The molecular formula is C10H6N4O2. The van der Waals surface area contributed by atoms with Gasteiger partial charge < -0.3 is 9.47 Å². The third-order valence-corrected chi connectivity index (χ3v) is 2.38. The molecule has 0 N–H and O–H groups in total. The Bertz CT molecular complexity index is 619. The molecule has 6 heteroatoms. The summed E-state index contributed by atoms with van der Waals surface area (Å²) in [4.78, 5) is 6.75. The summed E-state index contributed by atoms with van der Waals surface area (Å²) in [6.45, 7) is 0.218. The van der Waals surface area contributed by atoms with E-state index in [1.807, 2.05) is 12.1 Å². The fourth-order valence-corrected chi connectivity index (χ4v) is 1.67. The minimum Gasteiger partial charge on any atom is -0.454 e. The quantitative estimate of drug-likeness (QED) is 0.415. The highest BCUT2D eigenvalue weighted by Crippen LogP contribution is 2.38. The SMILES string of the molecule is [N-]=[N+]=Nc1nccc2cc3c(cc12)OCO3. The molecule has 6 nitrogen and oxygen atoms in total. The molecular weight excluding hydrogens is 208 g/mol. The minimum atomic E-state index is 0.218. The molecule has 2 heterocycles. The summed E-state index contributed by atoms with van der Waals surface area (Å²) in [7, 11) is 0. The van der Waals surface area contributed by atoms with Gasteiger partial charge in [-0.15, -0.1) is 0 Å². The third kappa shape index (κ3) is 1.21. The Morgan fingerprint density at radius 3 is 2.94 bits per heavy atom. The summed E-state index contributed by atoms with van der Waals surface area (Å²) in [6.07, 6.45) is 1.59. The molecule has 0 spiro atoms. The van der Waals surface area contributed by atoms with Gasteiger partial charge >= 0.3 is 0 Å². The normalized spacial score (nSPS) is 12.5. The van der Waals surface area contributed by atoms with E-state index in [1.165, 1.54) is 0 Å². The fourth-order valence-electron chi connectivity index (χ4n) is 1.67. The van der Waals surface area contributed by atoms with E-state index < -0.39 is 0 Å². The number of fused-ring (bicyclic) bond motifs is 2. The fraction of sp³-hybridized carbons (Fsp3) is 0.100. The van der Waals surface area contributed by atoms with Crippen LogP contribution in [0, 0.1) is 0 Å². The lowest BCUT2D eigenvalue weighted by molar-refractivity contribution is 0.174. The van der Waals surface area contributed by atoms with Crippen molar-refractivity contribution in [2.75, 3.05) is 6.79 Å². The predicted octanol–water partition coefficient (Wildman–Crippen LogP) is 2.91. The first kappa shape index (κ1) is 8.82. The van der Waals surface area contributed by atoms with E-state index in [2.05, 4.69) is 15.0 Å². The molecule has 0 bridgehead atoms. The number of azide groups is 1. The number of hydrogen-bond donors (Lipinski definition) is 0. The summed E-state index contributed by atoms with van der Waals surface area (Å²) in [5.74, 6) is 1.69. The van der Waals surface area contributed by atoms with Crippen LogP contribution in [0.1, 0.15) is 0 Å². The van der Waals surface area contributed by atoms with Crippen LogP contribution in [0.25, 0.3) is 21.2 Å². The lowest BCUT2D eigenvalue weighted by atomic mass is 10.1. The van der Waals surface area contributed by atoms with Crippen molar-refractivity contribution in [2.45, 2.75) is 0 Å². The van der Waals surface area contributed by atoms with Crippen molar-refractivity contribution in [3.8, 4) is 11.5 Å². The number of nitrogens with zero attached hydrogens (tertiary/aromatic N) is 4. The van der Waals surface area contributed by atoms with Crippen molar-refractivity contribution >= 4 is 16.6 Å². The molecule has 3 rings (SSSR count). The number of ether oxygens (including phenoxy) is 2. The van der Waals surface area contributed by atoms with E-state index in [1.54, 1.807) is 12.3 Å². The maximum absolute atomic E-state index is 8.43. The van der Waals surface area contributed by atoms with Gasteiger partial charge in [0.2, 0.25) is 6.79 Å². The van der Waals surface area contributed by atoms with E-state index in [-0.39, 0.29) is 6.79 Å². The molecule has 1 aromatic carbocycles. The molecule has 78 valence electrons. The number of rotatable bonds is 1. The lowest BCUT2D eigenvalue weighted by Crippen LogP contribution is -1.92. The first-order valence-corrected chi connectivity index (χ1v) is 4.62. The molecule has 0 saturated carbocycles. The van der Waals surface area contributed by atoms with E-state index in [0.29, 0.717) is 17.3 Å². The molecule has 0 amide bonds. The summed E-state index contributed by atoms with van der Waals surface area (Å²) in [6, 6.07) is 5.44.